The van der Waals surface area contributed by atoms with Crippen molar-refractivity contribution in [2.24, 2.45) is 0 Å². The highest BCUT2D eigenvalue weighted by Crippen LogP contribution is 2.27. The van der Waals surface area contributed by atoms with E-state index in [9.17, 15) is 9.18 Å². The van der Waals surface area contributed by atoms with Gasteiger partial charge < -0.3 is 4.90 Å². The molecule has 0 radical (unpaired) electrons. The van der Waals surface area contributed by atoms with Gasteiger partial charge in [0.05, 0.1) is 34.2 Å². The van der Waals surface area contributed by atoms with Gasteiger partial charge in [0.25, 0.3) is 0 Å². The molecule has 8 heteroatoms. The number of para-hydroxylation sites is 1. The molecule has 0 bridgehead atoms. The second-order valence-corrected chi connectivity index (χ2v) is 7.87. The zero-order valence-corrected chi connectivity index (χ0v) is 16.7. The molecule has 0 fully saturated rings. The highest BCUT2D eigenvalue weighted by molar-refractivity contribution is 7.20. The molecule has 5 nitrogen and oxygen atoms in total. The number of hydrogen-bond acceptors (Lipinski definition) is 4. The van der Waals surface area contributed by atoms with Crippen LogP contribution in [0.3, 0.4) is 0 Å². The van der Waals surface area contributed by atoms with Crippen molar-refractivity contribution in [2.75, 3.05) is 11.9 Å². The van der Waals surface area contributed by atoms with Crippen LogP contribution in [0.4, 0.5) is 10.1 Å². The number of carbonyl (C=O) groups excluding carboxylic acids is 1. The fraction of sp³-hybridized carbons (Fsp3) is 0.150. The molecule has 2 aromatic carbocycles. The Labute approximate surface area is 170 Å². The molecule has 0 aliphatic heterocycles. The van der Waals surface area contributed by atoms with Crippen molar-refractivity contribution in [3.05, 3.63) is 71.3 Å². The van der Waals surface area contributed by atoms with E-state index in [-0.39, 0.29) is 10.9 Å². The zero-order chi connectivity index (χ0) is 19.8. The lowest BCUT2D eigenvalue weighted by Gasteiger charge is -2.20. The fourth-order valence-corrected chi connectivity index (χ4v) is 4.06. The number of hydrogen-bond donors (Lipinski definition) is 0. The second-order valence-electron chi connectivity index (χ2n) is 6.43. The molecular weight excluding hydrogens is 399 g/mol. The Hall–Kier alpha value is -2.77. The number of halogens is 2. The van der Waals surface area contributed by atoms with Gasteiger partial charge in [0, 0.05) is 12.1 Å². The predicted molar refractivity (Wildman–Crippen MR) is 110 cm³/mol. The van der Waals surface area contributed by atoms with Crippen molar-refractivity contribution in [3.63, 3.8) is 0 Å². The number of benzene rings is 2. The smallest absolute Gasteiger partial charge is 0.234 e. The van der Waals surface area contributed by atoms with Gasteiger partial charge in [-0.2, -0.15) is 5.10 Å². The van der Waals surface area contributed by atoms with Crippen molar-refractivity contribution in [1.29, 1.82) is 0 Å². The molecule has 2 heterocycles. The summed E-state index contributed by atoms with van der Waals surface area (Å²) >= 11 is 7.44. The number of rotatable bonds is 4. The number of fused-ring (bicyclic) bond motifs is 1. The van der Waals surface area contributed by atoms with E-state index in [0.29, 0.717) is 11.3 Å². The maximum absolute atomic E-state index is 13.6. The van der Waals surface area contributed by atoms with Gasteiger partial charge >= 0.3 is 0 Å². The average Bonchev–Trinajstić information content (AvgIpc) is 3.32. The Balaban J connectivity index is 1.58. The molecule has 28 heavy (non-hydrogen) atoms. The van der Waals surface area contributed by atoms with E-state index in [0.717, 1.165) is 15.3 Å². The fourth-order valence-electron chi connectivity index (χ4n) is 2.93. The maximum Gasteiger partial charge on any atom is 0.234 e. The monoisotopic (exact) mass is 414 g/mol. The van der Waals surface area contributed by atoms with Crippen molar-refractivity contribution >= 4 is 44.7 Å². The molecule has 0 saturated carbocycles. The van der Waals surface area contributed by atoms with Crippen LogP contribution in [0, 0.1) is 5.82 Å². The molecule has 0 N–H and O–H groups in total. The largest absolute Gasteiger partial charge is 0.312 e. The predicted octanol–water partition coefficient (Wildman–Crippen LogP) is 5.04. The molecule has 0 saturated heterocycles. The molecule has 142 valence electrons. The third kappa shape index (κ3) is 3.50. The Bertz CT molecular complexity index is 1120. The lowest BCUT2D eigenvalue weighted by molar-refractivity contribution is -0.119. The minimum Gasteiger partial charge on any atom is -0.312 e. The molecule has 1 unspecified atom stereocenters. The van der Waals surface area contributed by atoms with Crippen LogP contribution in [-0.2, 0) is 4.79 Å². The summed E-state index contributed by atoms with van der Waals surface area (Å²) in [5, 5.41) is 5.32. The van der Waals surface area contributed by atoms with Gasteiger partial charge in [-0.05, 0) is 42.8 Å². The van der Waals surface area contributed by atoms with Crippen molar-refractivity contribution in [3.8, 4) is 5.13 Å². The summed E-state index contributed by atoms with van der Waals surface area (Å²) in [6.45, 7) is 1.72. The standard InChI is InChI=1S/C20H16ClFN4OS/c1-12(13-7-14(21)9-15(22)8-13)19(27)25(2)16-10-23-26(11-16)20-24-17-5-3-4-6-18(17)28-20/h3-12H,1-2H3. The van der Waals surface area contributed by atoms with Crippen LogP contribution >= 0.6 is 22.9 Å². The Kier molecular flexibility index (Phi) is 4.87. The first-order valence-corrected chi connectivity index (χ1v) is 9.76. The van der Waals surface area contributed by atoms with Crippen LogP contribution in [-0.4, -0.2) is 27.7 Å². The maximum atomic E-state index is 13.6. The molecule has 2 aromatic heterocycles. The molecular formula is C20H16ClFN4OS. The van der Waals surface area contributed by atoms with Crippen LogP contribution < -0.4 is 4.90 Å². The van der Waals surface area contributed by atoms with Gasteiger partial charge in [0.1, 0.15) is 5.82 Å². The van der Waals surface area contributed by atoms with Crippen LogP contribution in [0.2, 0.25) is 5.02 Å². The molecule has 0 aliphatic carbocycles. The highest BCUT2D eigenvalue weighted by atomic mass is 35.5. The molecule has 0 aliphatic rings. The number of aromatic nitrogens is 3. The Morgan fingerprint density at radius 3 is 2.82 bits per heavy atom. The van der Waals surface area contributed by atoms with Gasteiger partial charge in [-0.3, -0.25) is 4.79 Å². The van der Waals surface area contributed by atoms with Gasteiger partial charge in [-0.15, -0.1) is 0 Å². The number of carbonyl (C=O) groups is 1. The van der Waals surface area contributed by atoms with Gasteiger partial charge in [0.15, 0.2) is 0 Å². The van der Waals surface area contributed by atoms with Crippen molar-refractivity contribution in [1.82, 2.24) is 14.8 Å². The number of thiazole rings is 1. The molecule has 4 aromatic rings. The van der Waals surface area contributed by atoms with E-state index in [4.69, 9.17) is 11.6 Å². The van der Waals surface area contributed by atoms with E-state index >= 15 is 0 Å². The van der Waals surface area contributed by atoms with Gasteiger partial charge in [-0.25, -0.2) is 14.1 Å². The SMILES string of the molecule is CC(C(=O)N(C)c1cnn(-c2nc3ccccc3s2)c1)c1cc(F)cc(Cl)c1. The van der Waals surface area contributed by atoms with Crippen molar-refractivity contribution < 1.29 is 9.18 Å². The minimum absolute atomic E-state index is 0.189. The van der Waals surface area contributed by atoms with Crippen LogP contribution in [0.5, 0.6) is 0 Å². The lowest BCUT2D eigenvalue weighted by atomic mass is 9.99. The summed E-state index contributed by atoms with van der Waals surface area (Å²) in [4.78, 5) is 18.9. The zero-order valence-electron chi connectivity index (χ0n) is 15.1. The lowest BCUT2D eigenvalue weighted by Crippen LogP contribution is -2.30. The molecule has 1 amide bonds. The van der Waals surface area contributed by atoms with Gasteiger partial charge in [-0.1, -0.05) is 35.1 Å². The van der Waals surface area contributed by atoms with E-state index < -0.39 is 11.7 Å². The van der Waals surface area contributed by atoms with Crippen LogP contribution in [0.1, 0.15) is 18.4 Å². The number of anilines is 1. The second kappa shape index (κ2) is 7.33. The topological polar surface area (TPSA) is 51.0 Å². The third-order valence-electron chi connectivity index (χ3n) is 4.52. The molecule has 4 rings (SSSR count). The van der Waals surface area contributed by atoms with Gasteiger partial charge in [0.2, 0.25) is 11.0 Å². The summed E-state index contributed by atoms with van der Waals surface area (Å²) in [5.41, 5.74) is 2.06. The summed E-state index contributed by atoms with van der Waals surface area (Å²) in [6, 6.07) is 12.0. The number of likely N-dealkylation sites (N-methyl/N-ethyl adjacent to an activating group) is 1. The summed E-state index contributed by atoms with van der Waals surface area (Å²) in [5.74, 6) is -1.21. The van der Waals surface area contributed by atoms with E-state index in [2.05, 4.69) is 10.1 Å². The Morgan fingerprint density at radius 2 is 2.07 bits per heavy atom. The normalized spacial score (nSPS) is 12.3. The first-order valence-electron chi connectivity index (χ1n) is 8.56. The molecule has 0 spiro atoms. The first-order chi connectivity index (χ1) is 13.4. The first kappa shape index (κ1) is 18.6. The van der Waals surface area contributed by atoms with E-state index in [1.807, 2.05) is 24.3 Å². The Morgan fingerprint density at radius 1 is 1.29 bits per heavy atom. The summed E-state index contributed by atoms with van der Waals surface area (Å²) in [7, 11) is 1.67. The highest BCUT2D eigenvalue weighted by Gasteiger charge is 2.22. The summed E-state index contributed by atoms with van der Waals surface area (Å²) in [6.07, 6.45) is 3.36. The van der Waals surface area contributed by atoms with Crippen molar-refractivity contribution in [2.45, 2.75) is 12.8 Å². The van der Waals surface area contributed by atoms with Crippen LogP contribution in [0.15, 0.2) is 54.9 Å². The molecule has 1 atom stereocenters. The number of nitrogens with zero attached hydrogens (tertiary/aromatic N) is 4. The van der Waals surface area contributed by atoms with Crippen LogP contribution in [0.25, 0.3) is 15.3 Å². The average molecular weight is 415 g/mol. The summed E-state index contributed by atoms with van der Waals surface area (Å²) < 4.78 is 16.3. The number of amides is 1. The van der Waals surface area contributed by atoms with E-state index in [1.165, 1.54) is 28.4 Å². The van der Waals surface area contributed by atoms with E-state index in [1.54, 1.807) is 37.1 Å². The quantitative estimate of drug-likeness (QED) is 0.470. The third-order valence-corrected chi connectivity index (χ3v) is 5.77. The minimum atomic E-state index is -0.552.